The lowest BCUT2D eigenvalue weighted by atomic mass is 10.2. The number of alkyl halides is 6. The van der Waals surface area contributed by atoms with E-state index in [4.69, 9.17) is 5.73 Å². The number of aromatic nitrogens is 1. The second kappa shape index (κ2) is 6.22. The fraction of sp³-hybridized carbons (Fsp3) is 0.300. The molecular formula is C10H6BrF6N3O3. The molecule has 23 heavy (non-hydrogen) atoms. The van der Waals surface area contributed by atoms with Gasteiger partial charge in [0.15, 0.2) is 5.69 Å². The molecule has 0 aliphatic carbocycles. The van der Waals surface area contributed by atoms with E-state index in [9.17, 15) is 35.9 Å². The average molecular weight is 410 g/mol. The lowest BCUT2D eigenvalue weighted by Gasteiger charge is -2.18. The number of ether oxygens (including phenoxy) is 1. The molecule has 1 heterocycles. The summed E-state index contributed by atoms with van der Waals surface area (Å²) in [5.74, 6) is -3.88. The molecule has 1 rings (SSSR count). The Bertz CT molecular complexity index is 646. The summed E-state index contributed by atoms with van der Waals surface area (Å²) in [4.78, 5) is 25.3. The number of pyridine rings is 1. The Kier molecular flexibility index (Phi) is 5.13. The Morgan fingerprint density at radius 2 is 1.74 bits per heavy atom. The maximum absolute atomic E-state index is 12.6. The van der Waals surface area contributed by atoms with Crippen molar-refractivity contribution in [3.63, 3.8) is 0 Å². The number of anilines is 1. The largest absolute Gasteiger partial charge is 0.438 e. The third-order valence-corrected chi connectivity index (χ3v) is 2.89. The van der Waals surface area contributed by atoms with Crippen LogP contribution in [0.15, 0.2) is 10.7 Å². The molecule has 0 bridgehead atoms. The van der Waals surface area contributed by atoms with Gasteiger partial charge in [0.1, 0.15) is 4.60 Å². The van der Waals surface area contributed by atoms with Crippen LogP contribution in [0.25, 0.3) is 0 Å². The molecule has 0 spiro atoms. The third-order valence-electron chi connectivity index (χ3n) is 2.28. The Hall–Kier alpha value is -2.05. The molecule has 1 amide bonds. The highest BCUT2D eigenvalue weighted by atomic mass is 79.9. The Labute approximate surface area is 131 Å². The maximum Gasteiger partial charge on any atom is 0.434 e. The first-order valence-corrected chi connectivity index (χ1v) is 6.14. The average Bonchev–Trinajstić information content (AvgIpc) is 2.34. The number of carbonyl (C=O) groups is 2. The van der Waals surface area contributed by atoms with E-state index in [1.54, 1.807) is 0 Å². The van der Waals surface area contributed by atoms with Crippen LogP contribution < -0.4 is 11.5 Å². The van der Waals surface area contributed by atoms with Crippen molar-refractivity contribution < 1.29 is 40.7 Å². The summed E-state index contributed by atoms with van der Waals surface area (Å²) in [5, 5.41) is 0. The van der Waals surface area contributed by atoms with E-state index in [1.165, 1.54) is 0 Å². The number of hydrogen-bond donors (Lipinski definition) is 2. The van der Waals surface area contributed by atoms with Gasteiger partial charge in [-0.25, -0.2) is 9.78 Å². The van der Waals surface area contributed by atoms with E-state index in [0.29, 0.717) is 0 Å². The number of nitrogens with two attached hydrogens (primary N) is 2. The van der Waals surface area contributed by atoms with Gasteiger partial charge >= 0.3 is 18.3 Å². The minimum absolute atomic E-state index is 0.278. The van der Waals surface area contributed by atoms with E-state index < -0.39 is 51.9 Å². The summed E-state index contributed by atoms with van der Waals surface area (Å²) >= 11 is 2.41. The van der Waals surface area contributed by atoms with Gasteiger partial charge in [-0.3, -0.25) is 4.79 Å². The summed E-state index contributed by atoms with van der Waals surface area (Å²) in [5.41, 5.74) is 6.33. The van der Waals surface area contributed by atoms with E-state index in [0.717, 1.165) is 0 Å². The molecule has 0 aliphatic heterocycles. The monoisotopic (exact) mass is 409 g/mol. The first-order valence-electron chi connectivity index (χ1n) is 5.35. The van der Waals surface area contributed by atoms with Crippen molar-refractivity contribution in [3.05, 3.63) is 21.9 Å². The van der Waals surface area contributed by atoms with Crippen LogP contribution in [-0.4, -0.2) is 29.1 Å². The highest BCUT2D eigenvalue weighted by Gasteiger charge is 2.47. The molecular weight excluding hydrogens is 404 g/mol. The van der Waals surface area contributed by atoms with Gasteiger partial charge in [0.25, 0.3) is 12.0 Å². The summed E-state index contributed by atoms with van der Waals surface area (Å²) in [6.45, 7) is 0. The standard InChI is InChI=1S/C10H6BrF6N3O3/c11-6-2(9(12,13)14)1-3(18)4(20-6)8(22)23-5(7(19)21)10(15,16)17/h1,5H,18H2,(H2,19,21)/t5-/m0/s1. The van der Waals surface area contributed by atoms with Gasteiger partial charge in [0.2, 0.25) is 0 Å². The summed E-state index contributed by atoms with van der Waals surface area (Å²) < 4.78 is 78.1. The molecule has 6 nitrogen and oxygen atoms in total. The normalized spacial score (nSPS) is 13.5. The number of carbonyl (C=O) groups excluding carboxylic acids is 2. The first kappa shape index (κ1) is 19.0. The van der Waals surface area contributed by atoms with Crippen molar-refractivity contribution in [1.29, 1.82) is 0 Å². The van der Waals surface area contributed by atoms with Crippen LogP contribution in [0.2, 0.25) is 0 Å². The molecule has 0 aliphatic rings. The minimum Gasteiger partial charge on any atom is -0.438 e. The molecule has 0 saturated heterocycles. The van der Waals surface area contributed by atoms with Gasteiger partial charge in [0.05, 0.1) is 11.3 Å². The number of halogens is 7. The Morgan fingerprint density at radius 1 is 1.22 bits per heavy atom. The minimum atomic E-state index is -5.31. The van der Waals surface area contributed by atoms with E-state index in [1.807, 2.05) is 0 Å². The quantitative estimate of drug-likeness (QED) is 0.451. The number of amides is 1. The van der Waals surface area contributed by atoms with Crippen molar-refractivity contribution in [2.24, 2.45) is 5.73 Å². The maximum atomic E-state index is 12.6. The van der Waals surface area contributed by atoms with Crippen LogP contribution in [0.1, 0.15) is 16.1 Å². The number of esters is 1. The van der Waals surface area contributed by atoms with Crippen LogP contribution >= 0.6 is 15.9 Å². The predicted octanol–water partition coefficient (Wildman–Crippen LogP) is 2.02. The second-order valence-electron chi connectivity index (χ2n) is 3.99. The molecule has 4 N–H and O–H groups in total. The summed E-state index contributed by atoms with van der Waals surface area (Å²) in [6.07, 6.45) is -13.5. The van der Waals surface area contributed by atoms with Crippen LogP contribution in [0, 0.1) is 0 Å². The van der Waals surface area contributed by atoms with Crippen LogP contribution in [0.3, 0.4) is 0 Å². The van der Waals surface area contributed by atoms with Crippen molar-refractivity contribution in [2.45, 2.75) is 18.5 Å². The number of nitrogens with zero attached hydrogens (tertiary/aromatic N) is 1. The van der Waals surface area contributed by atoms with Gasteiger partial charge in [-0.15, -0.1) is 0 Å². The van der Waals surface area contributed by atoms with Gasteiger partial charge in [0, 0.05) is 0 Å². The second-order valence-corrected chi connectivity index (χ2v) is 4.74. The molecule has 0 radical (unpaired) electrons. The van der Waals surface area contributed by atoms with Crippen LogP contribution in [0.4, 0.5) is 32.0 Å². The van der Waals surface area contributed by atoms with Crippen LogP contribution in [-0.2, 0) is 15.7 Å². The molecule has 1 atom stereocenters. The first-order chi connectivity index (χ1) is 10.2. The number of hydrogen-bond acceptors (Lipinski definition) is 5. The smallest absolute Gasteiger partial charge is 0.434 e. The fourth-order valence-electron chi connectivity index (χ4n) is 1.32. The topological polar surface area (TPSA) is 108 Å². The SMILES string of the molecule is NC(=O)[C@H](OC(=O)c1nc(Br)c(C(F)(F)F)cc1N)C(F)(F)F. The molecule has 1 aromatic heterocycles. The van der Waals surface area contributed by atoms with Gasteiger partial charge in [-0.1, -0.05) is 0 Å². The van der Waals surface area contributed by atoms with Crippen molar-refractivity contribution >= 4 is 33.5 Å². The van der Waals surface area contributed by atoms with Crippen molar-refractivity contribution in [2.75, 3.05) is 5.73 Å². The van der Waals surface area contributed by atoms with Gasteiger partial charge in [-0.2, -0.15) is 26.3 Å². The molecule has 13 heteroatoms. The zero-order chi connectivity index (χ0) is 18.2. The molecule has 128 valence electrons. The zero-order valence-electron chi connectivity index (χ0n) is 10.6. The number of rotatable bonds is 3. The fourth-order valence-corrected chi connectivity index (χ4v) is 1.83. The van der Waals surface area contributed by atoms with E-state index in [-0.39, 0.29) is 6.07 Å². The Balaban J connectivity index is 3.20. The molecule has 0 unspecified atom stereocenters. The number of primary amides is 1. The predicted molar refractivity (Wildman–Crippen MR) is 65.8 cm³/mol. The summed E-state index contributed by atoms with van der Waals surface area (Å²) in [6, 6.07) is 0.278. The summed E-state index contributed by atoms with van der Waals surface area (Å²) in [7, 11) is 0. The lowest BCUT2D eigenvalue weighted by molar-refractivity contribution is -0.204. The third kappa shape index (κ3) is 4.46. The molecule has 0 saturated carbocycles. The Morgan fingerprint density at radius 3 is 2.13 bits per heavy atom. The van der Waals surface area contributed by atoms with E-state index >= 15 is 0 Å². The van der Waals surface area contributed by atoms with Gasteiger partial charge in [-0.05, 0) is 22.0 Å². The molecule has 0 aromatic carbocycles. The highest BCUT2D eigenvalue weighted by Crippen LogP contribution is 2.36. The van der Waals surface area contributed by atoms with Crippen molar-refractivity contribution in [3.8, 4) is 0 Å². The molecule has 1 aromatic rings. The van der Waals surface area contributed by atoms with Crippen LogP contribution in [0.5, 0.6) is 0 Å². The number of nitrogen functional groups attached to an aromatic ring is 1. The van der Waals surface area contributed by atoms with Crippen molar-refractivity contribution in [1.82, 2.24) is 4.98 Å². The molecule has 0 fully saturated rings. The zero-order valence-corrected chi connectivity index (χ0v) is 12.2. The van der Waals surface area contributed by atoms with E-state index in [2.05, 4.69) is 31.4 Å². The van der Waals surface area contributed by atoms with Gasteiger partial charge < -0.3 is 16.2 Å². The lowest BCUT2D eigenvalue weighted by Crippen LogP contribution is -2.44. The highest BCUT2D eigenvalue weighted by molar-refractivity contribution is 9.10.